The highest BCUT2D eigenvalue weighted by atomic mass is 35.5. The minimum atomic E-state index is -1.61. The first-order valence-electron chi connectivity index (χ1n) is 9.06. The zero-order valence-corrected chi connectivity index (χ0v) is 16.3. The van der Waals surface area contributed by atoms with Gasteiger partial charge in [-0.05, 0) is 18.2 Å². The van der Waals surface area contributed by atoms with Crippen molar-refractivity contribution in [3.63, 3.8) is 0 Å². The molecule has 5 nitrogen and oxygen atoms in total. The number of halogens is 3. The lowest BCUT2D eigenvalue weighted by atomic mass is 9.99. The van der Waals surface area contributed by atoms with E-state index in [4.69, 9.17) is 11.6 Å². The summed E-state index contributed by atoms with van der Waals surface area (Å²) in [6.07, 6.45) is 1.24. The molecule has 2 aromatic heterocycles. The first-order valence-corrected chi connectivity index (χ1v) is 9.44. The van der Waals surface area contributed by atoms with E-state index in [-0.39, 0.29) is 23.6 Å². The molecule has 1 unspecified atom stereocenters. The van der Waals surface area contributed by atoms with Gasteiger partial charge in [-0.15, -0.1) is 0 Å². The molecule has 0 bridgehead atoms. The normalized spacial score (nSPS) is 12.1. The molecule has 0 saturated heterocycles. The van der Waals surface area contributed by atoms with Crippen LogP contribution < -0.4 is 5.32 Å². The molecule has 30 heavy (non-hydrogen) atoms. The van der Waals surface area contributed by atoms with Crippen molar-refractivity contribution < 1.29 is 18.7 Å². The number of nitrogens with zero attached hydrogens (tertiary/aromatic N) is 1. The van der Waals surface area contributed by atoms with Crippen molar-refractivity contribution in [1.82, 2.24) is 9.97 Å². The summed E-state index contributed by atoms with van der Waals surface area (Å²) >= 11 is 5.96. The molecule has 4 aromatic rings. The van der Waals surface area contributed by atoms with Crippen molar-refractivity contribution in [2.75, 3.05) is 11.9 Å². The number of aliphatic hydroxyl groups excluding tert-OH is 1. The zero-order valence-electron chi connectivity index (χ0n) is 15.5. The topological polar surface area (TPSA) is 78.0 Å². The molecule has 2 aromatic carbocycles. The van der Waals surface area contributed by atoms with Crippen molar-refractivity contribution in [3.8, 4) is 0 Å². The van der Waals surface area contributed by atoms with Crippen LogP contribution in [0.2, 0.25) is 5.02 Å². The monoisotopic (exact) mass is 427 g/mol. The molecular weight excluding hydrogens is 412 g/mol. The maximum absolute atomic E-state index is 15.1. The molecule has 8 heteroatoms. The number of carbonyl (C=O) groups excluding carboxylic acids is 1. The summed E-state index contributed by atoms with van der Waals surface area (Å²) in [6.45, 7) is -0.186. The van der Waals surface area contributed by atoms with Gasteiger partial charge in [0, 0.05) is 28.9 Å². The van der Waals surface area contributed by atoms with E-state index in [9.17, 15) is 14.3 Å². The van der Waals surface area contributed by atoms with Gasteiger partial charge in [0.25, 0.3) is 0 Å². The average molecular weight is 428 g/mol. The van der Waals surface area contributed by atoms with E-state index in [0.717, 1.165) is 6.07 Å². The molecule has 0 aliphatic rings. The Kier molecular flexibility index (Phi) is 5.48. The Morgan fingerprint density at radius 2 is 1.97 bits per heavy atom. The first kappa shape index (κ1) is 20.0. The quantitative estimate of drug-likeness (QED) is 0.383. The third-order valence-electron chi connectivity index (χ3n) is 4.76. The molecule has 0 saturated carbocycles. The van der Waals surface area contributed by atoms with E-state index in [0.29, 0.717) is 21.6 Å². The second-order valence-corrected chi connectivity index (χ2v) is 7.10. The number of aromatic nitrogens is 2. The lowest BCUT2D eigenvalue weighted by Gasteiger charge is -2.16. The number of aromatic amines is 1. The van der Waals surface area contributed by atoms with Crippen molar-refractivity contribution in [2.45, 2.75) is 6.10 Å². The minimum Gasteiger partial charge on any atom is -0.383 e. The van der Waals surface area contributed by atoms with Gasteiger partial charge in [-0.1, -0.05) is 41.9 Å². The average Bonchev–Trinajstić information content (AvgIpc) is 3.16. The lowest BCUT2D eigenvalue weighted by Crippen LogP contribution is -2.16. The molecule has 0 amide bonds. The van der Waals surface area contributed by atoms with Gasteiger partial charge in [-0.25, -0.2) is 13.8 Å². The first-order chi connectivity index (χ1) is 14.5. The predicted octanol–water partition coefficient (Wildman–Crippen LogP) is 4.87. The van der Waals surface area contributed by atoms with Gasteiger partial charge >= 0.3 is 0 Å². The Bertz CT molecular complexity index is 1230. The van der Waals surface area contributed by atoms with Crippen LogP contribution in [0.25, 0.3) is 11.0 Å². The number of H-pyrrole nitrogens is 1. The maximum atomic E-state index is 15.1. The highest BCUT2D eigenvalue weighted by Gasteiger charge is 2.25. The second-order valence-electron chi connectivity index (χ2n) is 6.66. The van der Waals surface area contributed by atoms with Crippen LogP contribution in [0.3, 0.4) is 0 Å². The van der Waals surface area contributed by atoms with Crippen LogP contribution >= 0.6 is 11.6 Å². The maximum Gasteiger partial charge on any atom is 0.181 e. The van der Waals surface area contributed by atoms with Crippen molar-refractivity contribution in [1.29, 1.82) is 0 Å². The van der Waals surface area contributed by atoms with Crippen molar-refractivity contribution in [3.05, 3.63) is 94.3 Å². The lowest BCUT2D eigenvalue weighted by molar-refractivity contribution is 0.101. The summed E-state index contributed by atoms with van der Waals surface area (Å²) in [5.41, 5.74) is 0.502. The standard InChI is InChI=1S/C22H16ClF2N3O2/c23-13-8-14-15(10-28-22(14)27-9-13)21(30)19-16(24)6-7-17(20(19)25)26-11-18(29)12-4-2-1-3-5-12/h1-10,21,26,30H,11H2,(H,27,28). The number of carbonyl (C=O) groups is 1. The van der Waals surface area contributed by atoms with E-state index >= 15 is 4.39 Å². The predicted molar refractivity (Wildman–Crippen MR) is 111 cm³/mol. The molecular formula is C22H16ClF2N3O2. The van der Waals surface area contributed by atoms with Crippen molar-refractivity contribution in [2.24, 2.45) is 0 Å². The van der Waals surface area contributed by atoms with E-state index < -0.39 is 23.3 Å². The van der Waals surface area contributed by atoms with E-state index in [2.05, 4.69) is 15.3 Å². The SMILES string of the molecule is O=C(CNc1ccc(F)c(C(O)c2c[nH]c3ncc(Cl)cc23)c1F)c1ccccc1. The Morgan fingerprint density at radius 1 is 1.20 bits per heavy atom. The molecule has 0 aliphatic carbocycles. The number of fused-ring (bicyclic) bond motifs is 1. The molecule has 0 spiro atoms. The van der Waals surface area contributed by atoms with Crippen LogP contribution in [0.5, 0.6) is 0 Å². The molecule has 1 atom stereocenters. The van der Waals surface area contributed by atoms with Crippen LogP contribution in [0.4, 0.5) is 14.5 Å². The molecule has 4 rings (SSSR count). The van der Waals surface area contributed by atoms with Crippen LogP contribution in [0, 0.1) is 11.6 Å². The third-order valence-corrected chi connectivity index (χ3v) is 4.97. The minimum absolute atomic E-state index is 0.0919. The number of hydrogen-bond donors (Lipinski definition) is 3. The fourth-order valence-electron chi connectivity index (χ4n) is 3.24. The number of rotatable bonds is 6. The van der Waals surface area contributed by atoms with Gasteiger partial charge in [-0.2, -0.15) is 0 Å². The van der Waals surface area contributed by atoms with Crippen LogP contribution in [0.15, 0.2) is 60.9 Å². The second kappa shape index (κ2) is 8.22. The number of ketones is 1. The van der Waals surface area contributed by atoms with Crippen LogP contribution in [-0.2, 0) is 0 Å². The number of pyridine rings is 1. The fourth-order valence-corrected chi connectivity index (χ4v) is 3.40. The zero-order chi connectivity index (χ0) is 21.3. The number of hydrogen-bond acceptors (Lipinski definition) is 4. The van der Waals surface area contributed by atoms with Gasteiger partial charge in [0.1, 0.15) is 17.6 Å². The summed E-state index contributed by atoms with van der Waals surface area (Å²) in [6, 6.07) is 12.3. The number of nitrogens with one attached hydrogen (secondary N) is 2. The Morgan fingerprint density at radius 3 is 2.73 bits per heavy atom. The molecule has 3 N–H and O–H groups in total. The summed E-state index contributed by atoms with van der Waals surface area (Å²) in [4.78, 5) is 19.2. The van der Waals surface area contributed by atoms with Crippen LogP contribution in [0.1, 0.15) is 27.6 Å². The fraction of sp³-hybridized carbons (Fsp3) is 0.0909. The summed E-state index contributed by atoms with van der Waals surface area (Å²) in [7, 11) is 0. The summed E-state index contributed by atoms with van der Waals surface area (Å²) < 4.78 is 29.6. The highest BCUT2D eigenvalue weighted by molar-refractivity contribution is 6.31. The van der Waals surface area contributed by atoms with Gasteiger partial charge < -0.3 is 15.4 Å². The Hall–Kier alpha value is -3.29. The summed E-state index contributed by atoms with van der Waals surface area (Å²) in [5.74, 6) is -2.14. The molecule has 0 radical (unpaired) electrons. The molecule has 152 valence electrons. The van der Waals surface area contributed by atoms with Gasteiger partial charge in [0.2, 0.25) is 0 Å². The van der Waals surface area contributed by atoms with Crippen LogP contribution in [-0.4, -0.2) is 27.4 Å². The smallest absolute Gasteiger partial charge is 0.181 e. The highest BCUT2D eigenvalue weighted by Crippen LogP contribution is 2.34. The van der Waals surface area contributed by atoms with E-state index in [1.807, 2.05) is 0 Å². The molecule has 0 aliphatic heterocycles. The van der Waals surface area contributed by atoms with Crippen molar-refractivity contribution >= 4 is 34.1 Å². The summed E-state index contributed by atoms with van der Waals surface area (Å²) in [5, 5.41) is 14.2. The third kappa shape index (κ3) is 3.77. The Labute approximate surface area is 175 Å². The van der Waals surface area contributed by atoms with Gasteiger partial charge in [-0.3, -0.25) is 4.79 Å². The number of aliphatic hydroxyl groups is 1. The largest absolute Gasteiger partial charge is 0.383 e. The van der Waals surface area contributed by atoms with Gasteiger partial charge in [0.15, 0.2) is 11.6 Å². The molecule has 2 heterocycles. The Balaban J connectivity index is 1.64. The van der Waals surface area contributed by atoms with E-state index in [1.165, 1.54) is 18.5 Å². The molecule has 0 fully saturated rings. The van der Waals surface area contributed by atoms with E-state index in [1.54, 1.807) is 36.4 Å². The number of Topliss-reactive ketones (excluding diaryl/α,β-unsaturated/α-hetero) is 1. The number of benzene rings is 2. The van der Waals surface area contributed by atoms with Gasteiger partial charge in [0.05, 0.1) is 22.8 Å². The number of anilines is 1.